The van der Waals surface area contributed by atoms with Crippen molar-refractivity contribution in [3.63, 3.8) is 0 Å². The van der Waals surface area contributed by atoms with E-state index < -0.39 is 0 Å². The zero-order valence-electron chi connectivity index (χ0n) is 15.0. The predicted octanol–water partition coefficient (Wildman–Crippen LogP) is 4.69. The number of carbonyl (C=O) groups is 1. The number of methoxy groups -OCH3 is 1. The number of para-hydroxylation sites is 1. The Morgan fingerprint density at radius 1 is 1.33 bits per heavy atom. The number of carbonyl (C=O) groups excluding carboxylic acids is 1. The van der Waals surface area contributed by atoms with E-state index in [4.69, 9.17) is 21.1 Å². The standard InChI is InChI=1S/C20H19ClN2O3S/c1-3-26-20-14(21)10-13(11-16(20)25-2)12-22-18(24)8-9-19-23-15-6-4-5-7-17(15)27-19/h4-11H,3,12H2,1-2H3,(H,22,24). The van der Waals surface area contributed by atoms with E-state index in [1.807, 2.05) is 31.2 Å². The molecule has 3 rings (SSSR count). The van der Waals surface area contributed by atoms with Crippen molar-refractivity contribution in [3.8, 4) is 11.5 Å². The number of fused-ring (bicyclic) bond motifs is 1. The third-order valence-corrected chi connectivity index (χ3v) is 5.01. The SMILES string of the molecule is CCOc1c(Cl)cc(CNC(=O)C=Cc2nc3ccccc3s2)cc1OC. The number of amides is 1. The van der Waals surface area contributed by atoms with Gasteiger partial charge in [0.1, 0.15) is 5.01 Å². The smallest absolute Gasteiger partial charge is 0.244 e. The molecular weight excluding hydrogens is 384 g/mol. The number of rotatable bonds is 7. The van der Waals surface area contributed by atoms with Crippen molar-refractivity contribution in [2.45, 2.75) is 13.5 Å². The lowest BCUT2D eigenvalue weighted by Crippen LogP contribution is -2.20. The quantitative estimate of drug-likeness (QED) is 0.582. The van der Waals surface area contributed by atoms with Gasteiger partial charge in [-0.3, -0.25) is 4.79 Å². The third kappa shape index (κ3) is 4.78. The molecule has 2 aromatic carbocycles. The van der Waals surface area contributed by atoms with Crippen LogP contribution >= 0.6 is 22.9 Å². The molecule has 0 aliphatic rings. The molecule has 5 nitrogen and oxygen atoms in total. The number of aromatic nitrogens is 1. The summed E-state index contributed by atoms with van der Waals surface area (Å²) in [5.74, 6) is 0.837. The van der Waals surface area contributed by atoms with Gasteiger partial charge in [0.2, 0.25) is 5.91 Å². The summed E-state index contributed by atoms with van der Waals surface area (Å²) in [6.45, 7) is 2.69. The fourth-order valence-corrected chi connectivity index (χ4v) is 3.67. The molecule has 1 aromatic heterocycles. The van der Waals surface area contributed by atoms with E-state index in [1.54, 1.807) is 36.7 Å². The van der Waals surface area contributed by atoms with Crippen LogP contribution in [-0.2, 0) is 11.3 Å². The van der Waals surface area contributed by atoms with Gasteiger partial charge < -0.3 is 14.8 Å². The topological polar surface area (TPSA) is 60.5 Å². The molecule has 140 valence electrons. The summed E-state index contributed by atoms with van der Waals surface area (Å²) in [4.78, 5) is 16.6. The fourth-order valence-electron chi connectivity index (χ4n) is 2.52. The van der Waals surface area contributed by atoms with Crippen LogP contribution in [0.4, 0.5) is 0 Å². The van der Waals surface area contributed by atoms with E-state index in [2.05, 4.69) is 10.3 Å². The highest BCUT2D eigenvalue weighted by atomic mass is 35.5. The number of thiazole rings is 1. The first-order valence-electron chi connectivity index (χ1n) is 8.41. The molecule has 0 bridgehead atoms. The second kappa shape index (κ2) is 8.88. The monoisotopic (exact) mass is 402 g/mol. The van der Waals surface area contributed by atoms with Crippen molar-refractivity contribution in [3.05, 3.63) is 58.1 Å². The van der Waals surface area contributed by atoms with Crippen LogP contribution in [0.2, 0.25) is 5.02 Å². The van der Waals surface area contributed by atoms with Crippen molar-refractivity contribution < 1.29 is 14.3 Å². The van der Waals surface area contributed by atoms with Crippen LogP contribution in [0.5, 0.6) is 11.5 Å². The normalized spacial score (nSPS) is 11.1. The van der Waals surface area contributed by atoms with Crippen LogP contribution in [0.3, 0.4) is 0 Å². The minimum atomic E-state index is -0.210. The Labute approximate surface area is 166 Å². The molecule has 1 N–H and O–H groups in total. The van der Waals surface area contributed by atoms with E-state index in [0.717, 1.165) is 20.8 Å². The summed E-state index contributed by atoms with van der Waals surface area (Å²) in [5.41, 5.74) is 1.75. The number of nitrogens with zero attached hydrogens (tertiary/aromatic N) is 1. The highest BCUT2D eigenvalue weighted by molar-refractivity contribution is 7.19. The van der Waals surface area contributed by atoms with Gasteiger partial charge in [0, 0.05) is 12.6 Å². The highest BCUT2D eigenvalue weighted by Gasteiger charge is 2.12. The summed E-state index contributed by atoms with van der Waals surface area (Å²) in [7, 11) is 1.55. The van der Waals surface area contributed by atoms with E-state index in [9.17, 15) is 4.79 Å². The lowest BCUT2D eigenvalue weighted by atomic mass is 10.2. The summed E-state index contributed by atoms with van der Waals surface area (Å²) in [5, 5.41) is 4.07. The Morgan fingerprint density at radius 3 is 2.89 bits per heavy atom. The molecule has 0 spiro atoms. The molecule has 1 heterocycles. The molecule has 3 aromatic rings. The van der Waals surface area contributed by atoms with Crippen LogP contribution in [0.1, 0.15) is 17.5 Å². The Morgan fingerprint density at radius 2 is 2.15 bits per heavy atom. The van der Waals surface area contributed by atoms with Crippen LogP contribution in [0.15, 0.2) is 42.5 Å². The lowest BCUT2D eigenvalue weighted by Gasteiger charge is -2.13. The summed E-state index contributed by atoms with van der Waals surface area (Å²) < 4.78 is 11.9. The van der Waals surface area contributed by atoms with Gasteiger partial charge in [-0.25, -0.2) is 4.98 Å². The van der Waals surface area contributed by atoms with Gasteiger partial charge in [0.05, 0.1) is 29.0 Å². The van der Waals surface area contributed by atoms with E-state index >= 15 is 0 Å². The number of benzene rings is 2. The maximum Gasteiger partial charge on any atom is 0.244 e. The number of hydrogen-bond acceptors (Lipinski definition) is 5. The molecule has 0 saturated carbocycles. The molecular formula is C20H19ClN2O3S. The Kier molecular flexibility index (Phi) is 6.32. The molecule has 27 heavy (non-hydrogen) atoms. The Hall–Kier alpha value is -2.57. The van der Waals surface area contributed by atoms with Crippen LogP contribution < -0.4 is 14.8 Å². The molecule has 7 heteroatoms. The predicted molar refractivity (Wildman–Crippen MR) is 110 cm³/mol. The van der Waals surface area contributed by atoms with Gasteiger partial charge in [0.15, 0.2) is 11.5 Å². The zero-order chi connectivity index (χ0) is 19.2. The van der Waals surface area contributed by atoms with Crippen molar-refractivity contribution >= 4 is 45.1 Å². The minimum absolute atomic E-state index is 0.210. The zero-order valence-corrected chi connectivity index (χ0v) is 16.6. The first kappa shape index (κ1) is 19.2. The van der Waals surface area contributed by atoms with Crippen molar-refractivity contribution in [2.75, 3.05) is 13.7 Å². The fraction of sp³-hybridized carbons (Fsp3) is 0.200. The van der Waals surface area contributed by atoms with E-state index in [0.29, 0.717) is 29.7 Å². The lowest BCUT2D eigenvalue weighted by molar-refractivity contribution is -0.116. The van der Waals surface area contributed by atoms with Crippen molar-refractivity contribution in [2.24, 2.45) is 0 Å². The average molecular weight is 403 g/mol. The number of nitrogens with one attached hydrogen (secondary N) is 1. The van der Waals surface area contributed by atoms with E-state index in [-0.39, 0.29) is 5.91 Å². The molecule has 0 saturated heterocycles. The second-order valence-electron chi connectivity index (χ2n) is 5.61. The van der Waals surface area contributed by atoms with Gasteiger partial charge in [-0.2, -0.15) is 0 Å². The van der Waals surface area contributed by atoms with Gasteiger partial charge in [0.25, 0.3) is 0 Å². The number of hydrogen-bond donors (Lipinski definition) is 1. The molecule has 0 fully saturated rings. The maximum atomic E-state index is 12.1. The number of halogens is 1. The molecule has 0 aliphatic carbocycles. The molecule has 1 amide bonds. The molecule has 0 atom stereocenters. The summed E-state index contributed by atoms with van der Waals surface area (Å²) in [6.07, 6.45) is 3.19. The Bertz CT molecular complexity index is 952. The van der Waals surface area contributed by atoms with Crippen LogP contribution in [0.25, 0.3) is 16.3 Å². The maximum absolute atomic E-state index is 12.1. The van der Waals surface area contributed by atoms with Gasteiger partial charge in [-0.15, -0.1) is 11.3 Å². The van der Waals surface area contributed by atoms with Crippen LogP contribution in [0, 0.1) is 0 Å². The largest absolute Gasteiger partial charge is 0.493 e. The molecule has 0 unspecified atom stereocenters. The summed E-state index contributed by atoms with van der Waals surface area (Å²) in [6, 6.07) is 11.4. The first-order valence-corrected chi connectivity index (χ1v) is 9.61. The average Bonchev–Trinajstić information content (AvgIpc) is 3.09. The van der Waals surface area contributed by atoms with E-state index in [1.165, 1.54) is 6.08 Å². The Balaban J connectivity index is 1.64. The van der Waals surface area contributed by atoms with Gasteiger partial charge in [-0.05, 0) is 42.8 Å². The van der Waals surface area contributed by atoms with Gasteiger partial charge in [-0.1, -0.05) is 23.7 Å². The second-order valence-corrected chi connectivity index (χ2v) is 7.08. The van der Waals surface area contributed by atoms with Gasteiger partial charge >= 0.3 is 0 Å². The van der Waals surface area contributed by atoms with Crippen molar-refractivity contribution in [1.82, 2.24) is 10.3 Å². The minimum Gasteiger partial charge on any atom is -0.493 e. The van der Waals surface area contributed by atoms with Crippen molar-refractivity contribution in [1.29, 1.82) is 0 Å². The number of ether oxygens (including phenoxy) is 2. The molecule has 0 radical (unpaired) electrons. The van der Waals surface area contributed by atoms with Crippen LogP contribution in [-0.4, -0.2) is 24.6 Å². The first-order chi connectivity index (χ1) is 13.1. The molecule has 0 aliphatic heterocycles. The highest BCUT2D eigenvalue weighted by Crippen LogP contribution is 2.36. The summed E-state index contributed by atoms with van der Waals surface area (Å²) >= 11 is 7.79. The third-order valence-electron chi connectivity index (χ3n) is 3.73.